The third-order valence-electron chi connectivity index (χ3n) is 2.82. The van der Waals surface area contributed by atoms with Gasteiger partial charge >= 0.3 is 0 Å². The zero-order chi connectivity index (χ0) is 13.0. The van der Waals surface area contributed by atoms with Gasteiger partial charge in [0.1, 0.15) is 5.82 Å². The van der Waals surface area contributed by atoms with E-state index in [2.05, 4.69) is 4.98 Å². The summed E-state index contributed by atoms with van der Waals surface area (Å²) in [4.78, 5) is 6.08. The quantitative estimate of drug-likeness (QED) is 0.900. The number of hydrogen-bond donors (Lipinski definition) is 1. The predicted molar refractivity (Wildman–Crippen MR) is 71.2 cm³/mol. The predicted octanol–water partition coefficient (Wildman–Crippen LogP) is 2.84. The van der Waals surface area contributed by atoms with Gasteiger partial charge in [0.2, 0.25) is 0 Å². The van der Waals surface area contributed by atoms with Gasteiger partial charge in [-0.2, -0.15) is 0 Å². The highest BCUT2D eigenvalue weighted by molar-refractivity contribution is 5.65. The Morgan fingerprint density at radius 3 is 2.83 bits per heavy atom. The fourth-order valence-electron chi connectivity index (χ4n) is 1.98. The fourth-order valence-corrected chi connectivity index (χ4v) is 1.98. The molecule has 1 aromatic carbocycles. The standard InChI is InChI=1S/C14H16FN3/c1-2-18(13-5-3-4-12(15)8-13)14-6-7-17-10-11(14)9-16/h3-8,10H,2,9,16H2,1H3. The summed E-state index contributed by atoms with van der Waals surface area (Å²) < 4.78 is 13.3. The Labute approximate surface area is 106 Å². The Morgan fingerprint density at radius 2 is 2.17 bits per heavy atom. The van der Waals surface area contributed by atoms with Crippen LogP contribution < -0.4 is 10.6 Å². The van der Waals surface area contributed by atoms with Crippen molar-refractivity contribution in [2.45, 2.75) is 13.5 Å². The zero-order valence-electron chi connectivity index (χ0n) is 10.3. The lowest BCUT2D eigenvalue weighted by atomic mass is 10.2. The van der Waals surface area contributed by atoms with E-state index in [0.717, 1.165) is 23.5 Å². The maximum atomic E-state index is 13.3. The van der Waals surface area contributed by atoms with E-state index < -0.39 is 0 Å². The Morgan fingerprint density at radius 1 is 1.33 bits per heavy atom. The second kappa shape index (κ2) is 5.60. The summed E-state index contributed by atoms with van der Waals surface area (Å²) in [5.74, 6) is -0.241. The molecule has 0 aliphatic carbocycles. The molecule has 1 heterocycles. The summed E-state index contributed by atoms with van der Waals surface area (Å²) >= 11 is 0. The number of pyridine rings is 1. The van der Waals surface area contributed by atoms with Gasteiger partial charge in [-0.3, -0.25) is 4.98 Å². The van der Waals surface area contributed by atoms with Crippen LogP contribution >= 0.6 is 0 Å². The molecular weight excluding hydrogens is 229 g/mol. The largest absolute Gasteiger partial charge is 0.341 e. The molecule has 2 rings (SSSR count). The van der Waals surface area contributed by atoms with Crippen LogP contribution in [0.1, 0.15) is 12.5 Å². The average Bonchev–Trinajstić information content (AvgIpc) is 2.40. The van der Waals surface area contributed by atoms with Gasteiger partial charge in [0.15, 0.2) is 0 Å². The van der Waals surface area contributed by atoms with Crippen LogP contribution in [0.25, 0.3) is 0 Å². The summed E-state index contributed by atoms with van der Waals surface area (Å²) in [6, 6.07) is 8.44. The molecule has 0 saturated heterocycles. The van der Waals surface area contributed by atoms with Crippen LogP contribution in [-0.2, 0) is 6.54 Å². The van der Waals surface area contributed by atoms with Crippen LogP contribution in [0.4, 0.5) is 15.8 Å². The molecule has 0 saturated carbocycles. The van der Waals surface area contributed by atoms with Crippen LogP contribution in [0, 0.1) is 5.82 Å². The maximum absolute atomic E-state index is 13.3. The molecule has 0 radical (unpaired) electrons. The molecule has 0 aliphatic rings. The molecule has 0 amide bonds. The first-order valence-electron chi connectivity index (χ1n) is 5.92. The Hall–Kier alpha value is -1.94. The first-order chi connectivity index (χ1) is 8.76. The number of anilines is 2. The molecule has 0 spiro atoms. The minimum atomic E-state index is -0.241. The van der Waals surface area contributed by atoms with E-state index in [1.165, 1.54) is 12.1 Å². The summed E-state index contributed by atoms with van der Waals surface area (Å²) in [6.07, 6.45) is 3.47. The van der Waals surface area contributed by atoms with Crippen LogP contribution in [0.15, 0.2) is 42.7 Å². The minimum absolute atomic E-state index is 0.241. The smallest absolute Gasteiger partial charge is 0.125 e. The monoisotopic (exact) mass is 245 g/mol. The van der Waals surface area contributed by atoms with Gasteiger partial charge in [0, 0.05) is 42.4 Å². The second-order valence-electron chi connectivity index (χ2n) is 3.93. The normalized spacial score (nSPS) is 10.4. The molecule has 0 aliphatic heterocycles. The Bertz CT molecular complexity index is 528. The number of hydrogen-bond acceptors (Lipinski definition) is 3. The summed E-state index contributed by atoms with van der Waals surface area (Å²) in [6.45, 7) is 3.17. The first-order valence-corrected chi connectivity index (χ1v) is 5.92. The summed E-state index contributed by atoms with van der Waals surface area (Å²) in [5.41, 5.74) is 8.45. The van der Waals surface area contributed by atoms with Crippen molar-refractivity contribution in [1.29, 1.82) is 0 Å². The van der Waals surface area contributed by atoms with Gasteiger partial charge in [0.05, 0.1) is 0 Å². The van der Waals surface area contributed by atoms with Crippen molar-refractivity contribution in [1.82, 2.24) is 4.98 Å². The van der Waals surface area contributed by atoms with Crippen LogP contribution in [0.2, 0.25) is 0 Å². The highest BCUT2D eigenvalue weighted by Gasteiger charge is 2.11. The summed E-state index contributed by atoms with van der Waals surface area (Å²) in [7, 11) is 0. The molecule has 0 fully saturated rings. The highest BCUT2D eigenvalue weighted by Crippen LogP contribution is 2.27. The third kappa shape index (κ3) is 2.49. The van der Waals surface area contributed by atoms with Crippen molar-refractivity contribution in [3.05, 3.63) is 54.1 Å². The third-order valence-corrected chi connectivity index (χ3v) is 2.82. The van der Waals surface area contributed by atoms with Gasteiger partial charge in [-0.1, -0.05) is 6.07 Å². The molecule has 2 aromatic rings. The topological polar surface area (TPSA) is 42.2 Å². The van der Waals surface area contributed by atoms with Gasteiger partial charge in [-0.05, 0) is 31.2 Å². The average molecular weight is 245 g/mol. The fraction of sp³-hybridized carbons (Fsp3) is 0.214. The Kier molecular flexibility index (Phi) is 3.89. The van der Waals surface area contributed by atoms with E-state index in [4.69, 9.17) is 5.73 Å². The first kappa shape index (κ1) is 12.5. The molecule has 0 bridgehead atoms. The molecular formula is C14H16FN3. The SMILES string of the molecule is CCN(c1cccc(F)c1)c1ccncc1CN. The van der Waals surface area contributed by atoms with Crippen molar-refractivity contribution in [3.63, 3.8) is 0 Å². The lowest BCUT2D eigenvalue weighted by Gasteiger charge is -2.25. The van der Waals surface area contributed by atoms with Crippen LogP contribution in [-0.4, -0.2) is 11.5 Å². The molecule has 1 aromatic heterocycles. The molecule has 94 valence electrons. The Balaban J connectivity index is 2.45. The van der Waals surface area contributed by atoms with Crippen molar-refractivity contribution in [2.75, 3.05) is 11.4 Å². The van der Waals surface area contributed by atoms with Gasteiger partial charge in [0.25, 0.3) is 0 Å². The summed E-state index contributed by atoms with van der Waals surface area (Å²) in [5, 5.41) is 0. The zero-order valence-corrected chi connectivity index (χ0v) is 10.3. The van der Waals surface area contributed by atoms with Crippen molar-refractivity contribution in [2.24, 2.45) is 5.73 Å². The second-order valence-corrected chi connectivity index (χ2v) is 3.93. The molecule has 0 atom stereocenters. The van der Waals surface area contributed by atoms with Gasteiger partial charge in [-0.15, -0.1) is 0 Å². The lowest BCUT2D eigenvalue weighted by Crippen LogP contribution is -2.18. The molecule has 4 heteroatoms. The van der Waals surface area contributed by atoms with E-state index >= 15 is 0 Å². The minimum Gasteiger partial charge on any atom is -0.341 e. The molecule has 18 heavy (non-hydrogen) atoms. The van der Waals surface area contributed by atoms with Crippen molar-refractivity contribution in [3.8, 4) is 0 Å². The number of nitrogens with zero attached hydrogens (tertiary/aromatic N) is 2. The number of benzene rings is 1. The van der Waals surface area contributed by atoms with E-state index in [9.17, 15) is 4.39 Å². The van der Waals surface area contributed by atoms with Gasteiger partial charge in [-0.25, -0.2) is 4.39 Å². The van der Waals surface area contributed by atoms with Crippen LogP contribution in [0.5, 0.6) is 0 Å². The van der Waals surface area contributed by atoms with Gasteiger partial charge < -0.3 is 10.6 Å². The molecule has 2 N–H and O–H groups in total. The van der Waals surface area contributed by atoms with E-state index in [0.29, 0.717) is 6.54 Å². The highest BCUT2D eigenvalue weighted by atomic mass is 19.1. The van der Waals surface area contributed by atoms with E-state index in [1.54, 1.807) is 18.5 Å². The lowest BCUT2D eigenvalue weighted by molar-refractivity contribution is 0.627. The van der Waals surface area contributed by atoms with E-state index in [-0.39, 0.29) is 5.82 Å². The number of aromatic nitrogens is 1. The number of halogens is 1. The van der Waals surface area contributed by atoms with Crippen LogP contribution in [0.3, 0.4) is 0 Å². The number of nitrogens with two attached hydrogens (primary N) is 1. The van der Waals surface area contributed by atoms with Crippen molar-refractivity contribution < 1.29 is 4.39 Å². The molecule has 0 unspecified atom stereocenters. The van der Waals surface area contributed by atoms with Crippen molar-refractivity contribution >= 4 is 11.4 Å². The molecule has 3 nitrogen and oxygen atoms in total. The van der Waals surface area contributed by atoms with E-state index in [1.807, 2.05) is 24.0 Å². The number of rotatable bonds is 4. The maximum Gasteiger partial charge on any atom is 0.125 e.